The van der Waals surface area contributed by atoms with Crippen molar-refractivity contribution in [2.24, 2.45) is 11.7 Å². The molecule has 0 aromatic carbocycles. The third-order valence-electron chi connectivity index (χ3n) is 4.34. The summed E-state index contributed by atoms with van der Waals surface area (Å²) in [7, 11) is 0. The van der Waals surface area contributed by atoms with E-state index in [0.717, 1.165) is 0 Å². The van der Waals surface area contributed by atoms with Gasteiger partial charge >= 0.3 is 23.9 Å². The highest BCUT2D eigenvalue weighted by Crippen LogP contribution is 2.07. The standard InChI is InChI=1S/C19H30N4O11/c1-8(2)5-12(19(33)34)23-17(31)10(3-4-13(24)25)21-18(32)11(7-15(28)29)22-16(30)9(20)6-14(26)27/h8-12H,3-7,20H2,1-2H3,(H,21,32)(H,22,30)(H,23,31)(H,24,25)(H,26,27)(H,28,29)(H,33,34). The molecule has 4 atom stereocenters. The minimum absolute atomic E-state index is 0.0415. The molecule has 15 heteroatoms. The van der Waals surface area contributed by atoms with E-state index in [1.807, 2.05) is 5.32 Å². The summed E-state index contributed by atoms with van der Waals surface area (Å²) in [6, 6.07) is -6.28. The van der Waals surface area contributed by atoms with Gasteiger partial charge in [0.15, 0.2) is 0 Å². The maximum absolute atomic E-state index is 12.6. The molecule has 192 valence electrons. The summed E-state index contributed by atoms with van der Waals surface area (Å²) in [4.78, 5) is 81.4. The maximum Gasteiger partial charge on any atom is 0.326 e. The molecule has 15 nitrogen and oxygen atoms in total. The van der Waals surface area contributed by atoms with E-state index in [1.54, 1.807) is 13.8 Å². The largest absolute Gasteiger partial charge is 0.481 e. The van der Waals surface area contributed by atoms with E-state index in [4.69, 9.17) is 21.1 Å². The van der Waals surface area contributed by atoms with Crippen molar-refractivity contribution in [1.82, 2.24) is 16.0 Å². The van der Waals surface area contributed by atoms with Crippen molar-refractivity contribution >= 4 is 41.6 Å². The van der Waals surface area contributed by atoms with Crippen LogP contribution in [0.2, 0.25) is 0 Å². The minimum Gasteiger partial charge on any atom is -0.481 e. The number of nitrogens with two attached hydrogens (primary N) is 1. The van der Waals surface area contributed by atoms with Gasteiger partial charge in [0, 0.05) is 6.42 Å². The van der Waals surface area contributed by atoms with Crippen molar-refractivity contribution in [1.29, 1.82) is 0 Å². The molecule has 0 aliphatic heterocycles. The second-order valence-corrected chi connectivity index (χ2v) is 7.89. The van der Waals surface area contributed by atoms with Gasteiger partial charge in [0.1, 0.15) is 18.1 Å². The Kier molecular flexibility index (Phi) is 12.8. The monoisotopic (exact) mass is 490 g/mol. The second-order valence-electron chi connectivity index (χ2n) is 7.89. The molecular weight excluding hydrogens is 460 g/mol. The zero-order valence-electron chi connectivity index (χ0n) is 18.6. The van der Waals surface area contributed by atoms with Gasteiger partial charge in [-0.1, -0.05) is 13.8 Å². The summed E-state index contributed by atoms with van der Waals surface area (Å²) in [6.45, 7) is 3.42. The first-order valence-corrected chi connectivity index (χ1v) is 10.2. The molecule has 9 N–H and O–H groups in total. The molecular formula is C19H30N4O11. The third kappa shape index (κ3) is 12.3. The van der Waals surface area contributed by atoms with Gasteiger partial charge in [0.25, 0.3) is 0 Å². The topological polar surface area (TPSA) is 263 Å². The number of carbonyl (C=O) groups is 7. The van der Waals surface area contributed by atoms with E-state index < -0.39 is 91.4 Å². The molecule has 0 heterocycles. The fourth-order valence-electron chi connectivity index (χ4n) is 2.72. The molecule has 0 saturated carbocycles. The first-order chi connectivity index (χ1) is 15.6. The van der Waals surface area contributed by atoms with Crippen LogP contribution in [0.1, 0.15) is 46.0 Å². The van der Waals surface area contributed by atoms with Crippen LogP contribution in [-0.4, -0.2) is 86.2 Å². The van der Waals surface area contributed by atoms with E-state index >= 15 is 0 Å². The summed E-state index contributed by atoms with van der Waals surface area (Å²) in [5.74, 6) is -9.10. The third-order valence-corrected chi connectivity index (χ3v) is 4.34. The lowest BCUT2D eigenvalue weighted by atomic mass is 10.0. The first-order valence-electron chi connectivity index (χ1n) is 10.2. The lowest BCUT2D eigenvalue weighted by molar-refractivity contribution is -0.144. The Hall–Kier alpha value is -3.75. The molecule has 34 heavy (non-hydrogen) atoms. The molecule has 0 radical (unpaired) electrons. The predicted octanol–water partition coefficient (Wildman–Crippen LogP) is -2.29. The Morgan fingerprint density at radius 2 is 1.15 bits per heavy atom. The fraction of sp³-hybridized carbons (Fsp3) is 0.632. The number of hydrogen-bond donors (Lipinski definition) is 8. The summed E-state index contributed by atoms with van der Waals surface area (Å²) < 4.78 is 0. The predicted molar refractivity (Wildman–Crippen MR) is 112 cm³/mol. The highest BCUT2D eigenvalue weighted by molar-refractivity contribution is 5.96. The summed E-state index contributed by atoms with van der Waals surface area (Å²) in [5.41, 5.74) is 5.39. The maximum atomic E-state index is 12.6. The lowest BCUT2D eigenvalue weighted by Gasteiger charge is -2.24. The Labute approximate surface area is 194 Å². The lowest BCUT2D eigenvalue weighted by Crippen LogP contribution is -2.57. The van der Waals surface area contributed by atoms with Crippen molar-refractivity contribution in [3.63, 3.8) is 0 Å². The van der Waals surface area contributed by atoms with Crippen LogP contribution < -0.4 is 21.7 Å². The van der Waals surface area contributed by atoms with Crippen molar-refractivity contribution in [2.45, 2.75) is 70.1 Å². The average Bonchev–Trinajstić information content (AvgIpc) is 2.68. The van der Waals surface area contributed by atoms with Crippen LogP contribution in [0.3, 0.4) is 0 Å². The van der Waals surface area contributed by atoms with Crippen molar-refractivity contribution in [3.05, 3.63) is 0 Å². The summed E-state index contributed by atoms with van der Waals surface area (Å²) in [6.07, 6.45) is -2.79. The van der Waals surface area contributed by atoms with Gasteiger partial charge in [-0.3, -0.25) is 28.8 Å². The van der Waals surface area contributed by atoms with Crippen molar-refractivity contribution < 1.29 is 54.0 Å². The Morgan fingerprint density at radius 1 is 0.676 bits per heavy atom. The fourth-order valence-corrected chi connectivity index (χ4v) is 2.72. The molecule has 0 rings (SSSR count). The van der Waals surface area contributed by atoms with Gasteiger partial charge in [-0.25, -0.2) is 4.79 Å². The van der Waals surface area contributed by atoms with E-state index in [2.05, 4.69) is 10.6 Å². The molecule has 4 unspecified atom stereocenters. The van der Waals surface area contributed by atoms with Crippen LogP contribution in [0.4, 0.5) is 0 Å². The highest BCUT2D eigenvalue weighted by Gasteiger charge is 2.32. The van der Waals surface area contributed by atoms with E-state index in [0.29, 0.717) is 0 Å². The number of hydrogen-bond acceptors (Lipinski definition) is 8. The molecule has 0 saturated heterocycles. The zero-order valence-corrected chi connectivity index (χ0v) is 18.6. The molecule has 0 aromatic rings. The number of rotatable bonds is 16. The Bertz CT molecular complexity index is 799. The molecule has 0 bridgehead atoms. The van der Waals surface area contributed by atoms with Gasteiger partial charge in [0.2, 0.25) is 17.7 Å². The number of carboxylic acid groups (broad SMARTS) is 4. The Morgan fingerprint density at radius 3 is 1.59 bits per heavy atom. The van der Waals surface area contributed by atoms with Crippen molar-refractivity contribution in [3.8, 4) is 0 Å². The van der Waals surface area contributed by atoms with Crippen LogP contribution in [0, 0.1) is 5.92 Å². The van der Waals surface area contributed by atoms with Crippen LogP contribution in [0.15, 0.2) is 0 Å². The summed E-state index contributed by atoms with van der Waals surface area (Å²) >= 11 is 0. The van der Waals surface area contributed by atoms with Gasteiger partial charge in [-0.05, 0) is 18.8 Å². The number of nitrogens with one attached hydrogen (secondary N) is 3. The molecule has 0 aromatic heterocycles. The normalized spacial score (nSPS) is 14.2. The van der Waals surface area contributed by atoms with Crippen LogP contribution in [0.25, 0.3) is 0 Å². The second kappa shape index (κ2) is 14.4. The van der Waals surface area contributed by atoms with E-state index in [-0.39, 0.29) is 12.3 Å². The number of carboxylic acids is 4. The van der Waals surface area contributed by atoms with Crippen LogP contribution in [0.5, 0.6) is 0 Å². The number of aliphatic carboxylic acids is 4. The van der Waals surface area contributed by atoms with E-state index in [9.17, 15) is 38.7 Å². The van der Waals surface area contributed by atoms with Crippen LogP contribution >= 0.6 is 0 Å². The van der Waals surface area contributed by atoms with E-state index in [1.165, 1.54) is 0 Å². The van der Waals surface area contributed by atoms with Gasteiger partial charge in [-0.2, -0.15) is 0 Å². The molecule has 0 spiro atoms. The van der Waals surface area contributed by atoms with Gasteiger partial charge in [0.05, 0.1) is 18.9 Å². The number of carbonyl (C=O) groups excluding carboxylic acids is 3. The van der Waals surface area contributed by atoms with Gasteiger partial charge in [-0.15, -0.1) is 0 Å². The SMILES string of the molecule is CC(C)CC(NC(=O)C(CCC(=O)O)NC(=O)C(CC(=O)O)NC(=O)C(N)CC(=O)O)C(=O)O. The zero-order chi connectivity index (χ0) is 26.6. The average molecular weight is 490 g/mol. The minimum atomic E-state index is -1.78. The first kappa shape index (κ1) is 30.2. The van der Waals surface area contributed by atoms with Gasteiger partial charge < -0.3 is 42.1 Å². The van der Waals surface area contributed by atoms with Crippen molar-refractivity contribution in [2.75, 3.05) is 0 Å². The Balaban J connectivity index is 5.61. The quantitative estimate of drug-likeness (QED) is 0.114. The number of amides is 3. The smallest absolute Gasteiger partial charge is 0.326 e. The highest BCUT2D eigenvalue weighted by atomic mass is 16.4. The van der Waals surface area contributed by atoms with Crippen LogP contribution in [-0.2, 0) is 33.6 Å². The summed E-state index contributed by atoms with van der Waals surface area (Å²) in [5, 5.41) is 42.2. The molecule has 0 aliphatic rings. The molecule has 3 amide bonds. The molecule has 0 aliphatic carbocycles. The molecule has 0 fully saturated rings.